The molecular formula is C84H56N19O5S+5. The molecule has 0 atom stereocenters. The van der Waals surface area contributed by atoms with Crippen molar-refractivity contribution in [3.63, 3.8) is 0 Å². The summed E-state index contributed by atoms with van der Waals surface area (Å²) >= 11 is 1.72. The van der Waals surface area contributed by atoms with Gasteiger partial charge in [-0.15, -0.1) is 9.13 Å². The molecule has 0 saturated heterocycles. The lowest BCUT2D eigenvalue weighted by atomic mass is 10.2. The minimum Gasteiger partial charge on any atom is -0.413 e. The first-order chi connectivity index (χ1) is 55.1. The Hall–Kier alpha value is -14.6. The number of aromatic nitrogens is 19. The fourth-order valence-electron chi connectivity index (χ4n) is 16.4. The first-order valence-electron chi connectivity index (χ1n) is 36.8. The van der Waals surface area contributed by atoms with Crippen molar-refractivity contribution in [2.75, 3.05) is 0 Å². The van der Waals surface area contributed by atoms with E-state index in [1.54, 1.807) is 54.7 Å². The Labute approximate surface area is 622 Å². The number of hydrogen-bond acceptors (Lipinski definition) is 16. The number of furan rings is 1. The highest BCUT2D eigenvalue weighted by Gasteiger charge is 2.42. The van der Waals surface area contributed by atoms with E-state index in [0.29, 0.717) is 24.3 Å². The monoisotopic (exact) mass is 1450 g/mol. The molecule has 22 aromatic rings. The van der Waals surface area contributed by atoms with Crippen molar-refractivity contribution in [3.8, 4) is 68.6 Å². The van der Waals surface area contributed by atoms with Crippen molar-refractivity contribution < 1.29 is 49.0 Å². The average Bonchev–Trinajstić information content (AvgIpc) is 1.54. The molecule has 25 heteroatoms. The number of thiophene rings is 1. The topological polar surface area (TPSA) is 234 Å². The van der Waals surface area contributed by atoms with Gasteiger partial charge in [0.2, 0.25) is 22.6 Å². The zero-order valence-electron chi connectivity index (χ0n) is 60.6. The molecule has 27 rings (SSSR count). The molecule has 24 nitrogen and oxygen atoms in total. The average molecular weight is 1450 g/mol. The molecule has 0 spiro atoms. The quantitative estimate of drug-likeness (QED) is 0.146. The van der Waals surface area contributed by atoms with Crippen molar-refractivity contribution in [2.24, 2.45) is 14.0 Å². The molecule has 0 saturated carbocycles. The summed E-state index contributed by atoms with van der Waals surface area (Å²) in [6.07, 6.45) is 26.9. The molecule has 0 radical (unpaired) electrons. The molecule has 0 bridgehead atoms. The molecule has 0 aliphatic carbocycles. The second-order valence-corrected chi connectivity index (χ2v) is 28.0. The van der Waals surface area contributed by atoms with Gasteiger partial charge in [-0.2, -0.15) is 13.7 Å². The second-order valence-electron chi connectivity index (χ2n) is 27.0. The van der Waals surface area contributed by atoms with Crippen LogP contribution in [0.15, 0.2) is 267 Å². The van der Waals surface area contributed by atoms with Gasteiger partial charge >= 0.3 is 33.6 Å². The number of benzene rings is 2. The van der Waals surface area contributed by atoms with Crippen LogP contribution < -0.4 is 22.8 Å². The van der Waals surface area contributed by atoms with Crippen LogP contribution in [0, 0.1) is 0 Å². The van der Waals surface area contributed by atoms with Crippen LogP contribution in [0.4, 0.5) is 0 Å². The summed E-state index contributed by atoms with van der Waals surface area (Å²) in [6.45, 7) is 1.15. The Balaban J connectivity index is 0.0000000843. The molecule has 109 heavy (non-hydrogen) atoms. The van der Waals surface area contributed by atoms with E-state index in [2.05, 4.69) is 112 Å². The van der Waals surface area contributed by atoms with Gasteiger partial charge in [0, 0.05) is 73.6 Å². The summed E-state index contributed by atoms with van der Waals surface area (Å²) < 4.78 is 74.8. The zero-order valence-corrected chi connectivity index (χ0v) is 58.4. The van der Waals surface area contributed by atoms with Gasteiger partial charge in [-0.3, -0.25) is 54.4 Å². The van der Waals surface area contributed by atoms with Crippen molar-refractivity contribution in [1.29, 1.82) is 0 Å². The fraction of sp³-hybridized carbons (Fsp3) is 0.0833. The molecule has 0 unspecified atom stereocenters. The second kappa shape index (κ2) is 23.5. The molecule has 5 aliphatic rings. The standard InChI is InChI=1S/C21H16N5.C20H13N4O.C15H11N4O.C14H8N3O2.C14H8N3OS/c1-24-18-12-22-11-9-16(18)19-21(24)25-13-17-15(8-5-10-23-17)20(25)26(19)14-6-3-2-4-7-14;1-2-5-13(6-3-1)24-17-11-21-10-8-15(17)18-19(24)23-12-16-14(20(23)25-18)7-4-9-22-16;1-18-12-7-16-6-4-10(12)13-14(18)19-8-11-9(15(19)20-13)3-2-5-17-11;1-2-8-10(16-4-1)7-17-13(8)19-12-9-3-5-15-6-11(9)18-14(12)17;1-2-8-10(16-4-1)7-17-13(8)18-12-9-3-5-15-6-11(9)19-14(12)17/h2-12H,13H2,1H3;1-11H,12H2;2-7H,8H2,1H3;2*1-6H,7H2/q5*+1/i1D3;;;;. The Morgan fingerprint density at radius 1 is 0.358 bits per heavy atom. The minimum absolute atomic E-state index is 0.529. The first-order valence-corrected chi connectivity index (χ1v) is 36.2. The summed E-state index contributed by atoms with van der Waals surface area (Å²) in [5, 5.41) is 5.13. The van der Waals surface area contributed by atoms with Crippen LogP contribution in [0.5, 0.6) is 0 Å². The van der Waals surface area contributed by atoms with Gasteiger partial charge in [0.25, 0.3) is 23.0 Å². The maximum absolute atomic E-state index is 8.22. The number of hydrogen-bond donors (Lipinski definition) is 0. The molecule has 0 fully saturated rings. The lowest BCUT2D eigenvalue weighted by Crippen LogP contribution is -2.33. The van der Waals surface area contributed by atoms with E-state index in [4.69, 9.17) is 26.2 Å². The molecule has 25 heterocycles. The molecule has 0 amide bonds. The lowest BCUT2D eigenvalue weighted by molar-refractivity contribution is -0.656. The van der Waals surface area contributed by atoms with Gasteiger partial charge in [-0.05, 0) is 115 Å². The molecule has 5 aliphatic heterocycles. The van der Waals surface area contributed by atoms with Crippen molar-refractivity contribution in [3.05, 3.63) is 273 Å². The first kappa shape index (κ1) is 57.8. The third-order valence-corrected chi connectivity index (χ3v) is 22.3. The number of pyridine rings is 10. The van der Waals surface area contributed by atoms with Crippen LogP contribution in [-0.2, 0) is 46.7 Å². The summed E-state index contributed by atoms with van der Waals surface area (Å²) in [6, 6.07) is 50.1. The highest BCUT2D eigenvalue weighted by molar-refractivity contribution is 7.25. The van der Waals surface area contributed by atoms with Crippen LogP contribution in [0.2, 0.25) is 0 Å². The normalized spacial score (nSPS) is 13.4. The summed E-state index contributed by atoms with van der Waals surface area (Å²) in [4.78, 5) is 44.4. The van der Waals surface area contributed by atoms with E-state index in [0.717, 1.165) is 215 Å². The summed E-state index contributed by atoms with van der Waals surface area (Å²) in [7, 11) is 2.05. The number of para-hydroxylation sites is 2. The lowest BCUT2D eigenvalue weighted by Gasteiger charge is -2.04. The molecule has 2 aromatic carbocycles. The smallest absolute Gasteiger partial charge is 0.413 e. The van der Waals surface area contributed by atoms with Crippen molar-refractivity contribution in [1.82, 2.24) is 68.1 Å². The SMILES string of the molecule is Cn1c2cnccc2c2oc3[n+](c21)Cc1ncccc1-3.[2H]C([2H])([2H])n1c2cnccc2c2c1[n+]1c(n2-c2ccccc2)-c2cccnc2C1.c1ccc(-n2c3cnccc3c3oc4[n+](c32)Cc2ncccc2-4)cc1.c1cnc2c(c1)-c1oc3c4ccncc4oc3[n+]1C2.c1cnc2c(c1)-c1oc3c4ccncc4sc3[n+]1C2. The predicted molar refractivity (Wildman–Crippen MR) is 405 cm³/mol. The maximum Gasteiger partial charge on any atom is 0.422 e. The van der Waals surface area contributed by atoms with Gasteiger partial charge in [-0.25, -0.2) is 13.7 Å². The Kier molecular flexibility index (Phi) is 12.4. The van der Waals surface area contributed by atoms with Gasteiger partial charge in [0.05, 0.1) is 103 Å². The Morgan fingerprint density at radius 2 is 0.807 bits per heavy atom. The zero-order chi connectivity index (χ0) is 74.2. The Morgan fingerprint density at radius 3 is 1.43 bits per heavy atom. The van der Waals surface area contributed by atoms with Crippen LogP contribution in [0.25, 0.3) is 178 Å². The number of rotatable bonds is 2. The van der Waals surface area contributed by atoms with E-state index in [9.17, 15) is 0 Å². The summed E-state index contributed by atoms with van der Waals surface area (Å²) in [5.41, 5.74) is 24.0. The molecular weight excluding hydrogens is 1390 g/mol. The molecule has 518 valence electrons. The van der Waals surface area contributed by atoms with E-state index in [1.165, 1.54) is 4.57 Å². The van der Waals surface area contributed by atoms with Crippen molar-refractivity contribution >= 4 is 120 Å². The van der Waals surface area contributed by atoms with E-state index >= 15 is 0 Å². The minimum atomic E-state index is -2.34. The fourth-order valence-corrected chi connectivity index (χ4v) is 17.4. The van der Waals surface area contributed by atoms with E-state index in [-0.39, 0.29) is 0 Å². The van der Waals surface area contributed by atoms with Crippen molar-refractivity contribution in [2.45, 2.75) is 32.7 Å². The molecule has 20 aromatic heterocycles. The number of nitrogens with zero attached hydrogens (tertiary/aromatic N) is 19. The third-order valence-electron chi connectivity index (χ3n) is 21.1. The number of oxazole rings is 4. The van der Waals surface area contributed by atoms with Gasteiger partial charge < -0.3 is 22.1 Å². The van der Waals surface area contributed by atoms with Crippen LogP contribution >= 0.6 is 11.3 Å². The van der Waals surface area contributed by atoms with E-state index in [1.807, 2.05) is 183 Å². The largest absolute Gasteiger partial charge is 0.422 e. The highest BCUT2D eigenvalue weighted by atomic mass is 32.1. The number of aryl methyl sites for hydroxylation is 2. The van der Waals surface area contributed by atoms with Crippen LogP contribution in [0.3, 0.4) is 0 Å². The van der Waals surface area contributed by atoms with Crippen LogP contribution in [-0.4, -0.2) is 68.1 Å². The number of imidazole rings is 1. The maximum atomic E-state index is 8.22. The van der Waals surface area contributed by atoms with Gasteiger partial charge in [0.15, 0.2) is 35.2 Å². The highest BCUT2D eigenvalue weighted by Crippen LogP contribution is 2.43. The Bertz CT molecular complexity index is 7520. The predicted octanol–water partition coefficient (Wildman–Crippen LogP) is 13.8. The molecule has 0 N–H and O–H groups in total. The van der Waals surface area contributed by atoms with Gasteiger partial charge in [-0.1, -0.05) is 47.7 Å². The third kappa shape index (κ3) is 8.94. The number of fused-ring (bicyclic) bond motifs is 35. The summed E-state index contributed by atoms with van der Waals surface area (Å²) in [5.74, 6) is 4.45. The van der Waals surface area contributed by atoms with E-state index < -0.39 is 6.98 Å². The van der Waals surface area contributed by atoms with Gasteiger partial charge in [0.1, 0.15) is 59.0 Å². The van der Waals surface area contributed by atoms with Crippen LogP contribution in [0.1, 0.15) is 32.6 Å².